The molecule has 0 aliphatic heterocycles. The zero-order valence-corrected chi connectivity index (χ0v) is 10.2. The highest BCUT2D eigenvalue weighted by Gasteiger charge is 2.20. The molecule has 0 spiro atoms. The van der Waals surface area contributed by atoms with Crippen LogP contribution in [0.15, 0.2) is 24.3 Å². The third-order valence-electron chi connectivity index (χ3n) is 2.30. The maximum absolute atomic E-state index is 11.8. The van der Waals surface area contributed by atoms with Gasteiger partial charge < -0.3 is 10.4 Å². The second-order valence-corrected chi connectivity index (χ2v) is 4.75. The van der Waals surface area contributed by atoms with Gasteiger partial charge in [0.05, 0.1) is 0 Å². The van der Waals surface area contributed by atoms with Gasteiger partial charge in [0.2, 0.25) is 0 Å². The molecule has 2 N–H and O–H groups in total. The number of aliphatic hydroxyl groups excluding tert-OH is 1. The molecule has 0 aromatic heterocycles. The summed E-state index contributed by atoms with van der Waals surface area (Å²) in [6.45, 7) is 3.79. The van der Waals surface area contributed by atoms with Crippen molar-refractivity contribution in [3.63, 3.8) is 0 Å². The predicted octanol–water partition coefficient (Wildman–Crippen LogP) is 2.23. The summed E-state index contributed by atoms with van der Waals surface area (Å²) in [6, 6.07) is 6.70. The molecule has 0 fully saturated rings. The molecule has 0 aliphatic carbocycles. The molecule has 88 valence electrons. The lowest BCUT2D eigenvalue weighted by atomic mass is 10.0. The molecule has 1 aromatic carbocycles. The van der Waals surface area contributed by atoms with Crippen molar-refractivity contribution in [1.82, 2.24) is 5.32 Å². The largest absolute Gasteiger partial charge is 0.396 e. The Bertz CT molecular complexity index is 360. The molecule has 0 bridgehead atoms. The fourth-order valence-electron chi connectivity index (χ4n) is 1.32. The summed E-state index contributed by atoms with van der Waals surface area (Å²) in [6.07, 6.45) is 0.520. The van der Waals surface area contributed by atoms with Crippen molar-refractivity contribution in [3.8, 4) is 0 Å². The minimum Gasteiger partial charge on any atom is -0.396 e. The van der Waals surface area contributed by atoms with Crippen molar-refractivity contribution >= 4 is 17.5 Å². The lowest BCUT2D eigenvalue weighted by Gasteiger charge is -2.25. The fourth-order valence-corrected chi connectivity index (χ4v) is 1.45. The average molecular weight is 242 g/mol. The lowest BCUT2D eigenvalue weighted by Crippen LogP contribution is -2.44. The minimum absolute atomic E-state index is 0.0495. The summed E-state index contributed by atoms with van der Waals surface area (Å²) in [5, 5.41) is 12.3. The van der Waals surface area contributed by atoms with Gasteiger partial charge in [-0.2, -0.15) is 0 Å². The maximum Gasteiger partial charge on any atom is 0.251 e. The number of hydrogen-bond donors (Lipinski definition) is 2. The standard InChI is InChI=1S/C12H16ClNO2/c1-12(2,7-8-15)14-11(16)9-3-5-10(13)6-4-9/h3-6,15H,7-8H2,1-2H3,(H,14,16). The van der Waals surface area contributed by atoms with Gasteiger partial charge in [0.1, 0.15) is 0 Å². The molecule has 0 radical (unpaired) electrons. The second kappa shape index (κ2) is 5.32. The van der Waals surface area contributed by atoms with Crippen molar-refractivity contribution in [2.45, 2.75) is 25.8 Å². The lowest BCUT2D eigenvalue weighted by molar-refractivity contribution is 0.0899. The highest BCUT2D eigenvalue weighted by Crippen LogP contribution is 2.12. The Balaban J connectivity index is 2.69. The van der Waals surface area contributed by atoms with Crippen molar-refractivity contribution in [2.75, 3.05) is 6.61 Å². The van der Waals surface area contributed by atoms with E-state index in [0.717, 1.165) is 0 Å². The molecule has 0 aliphatic rings. The number of amides is 1. The SMILES string of the molecule is CC(C)(CCO)NC(=O)c1ccc(Cl)cc1. The van der Waals surface area contributed by atoms with Crippen LogP contribution in [0.3, 0.4) is 0 Å². The van der Waals surface area contributed by atoms with E-state index in [1.54, 1.807) is 24.3 Å². The van der Waals surface area contributed by atoms with Crippen LogP contribution in [-0.2, 0) is 0 Å². The molecule has 0 unspecified atom stereocenters. The Morgan fingerprint density at radius 1 is 1.38 bits per heavy atom. The first-order chi connectivity index (χ1) is 7.44. The van der Waals surface area contributed by atoms with E-state index in [9.17, 15) is 4.79 Å². The molecular weight excluding hydrogens is 226 g/mol. The zero-order valence-electron chi connectivity index (χ0n) is 9.46. The molecule has 0 saturated carbocycles. The van der Waals surface area contributed by atoms with E-state index in [4.69, 9.17) is 16.7 Å². The summed E-state index contributed by atoms with van der Waals surface area (Å²) in [5.41, 5.74) is 0.154. The van der Waals surface area contributed by atoms with Gasteiger partial charge in [-0.1, -0.05) is 11.6 Å². The first-order valence-corrected chi connectivity index (χ1v) is 5.51. The third kappa shape index (κ3) is 3.83. The van der Waals surface area contributed by atoms with Crippen molar-refractivity contribution in [2.24, 2.45) is 0 Å². The van der Waals surface area contributed by atoms with E-state index in [1.807, 2.05) is 13.8 Å². The first kappa shape index (κ1) is 13.0. The fraction of sp³-hybridized carbons (Fsp3) is 0.417. The van der Waals surface area contributed by atoms with E-state index in [1.165, 1.54) is 0 Å². The predicted molar refractivity (Wildman–Crippen MR) is 64.7 cm³/mol. The quantitative estimate of drug-likeness (QED) is 0.849. The molecule has 4 heteroatoms. The highest BCUT2D eigenvalue weighted by molar-refractivity contribution is 6.30. The van der Waals surface area contributed by atoms with Gasteiger partial charge in [0.25, 0.3) is 5.91 Å². The smallest absolute Gasteiger partial charge is 0.251 e. The van der Waals surface area contributed by atoms with Gasteiger partial charge >= 0.3 is 0 Å². The van der Waals surface area contributed by atoms with E-state index in [2.05, 4.69) is 5.32 Å². The van der Waals surface area contributed by atoms with E-state index in [-0.39, 0.29) is 12.5 Å². The average Bonchev–Trinajstić information content (AvgIpc) is 2.17. The molecule has 1 aromatic rings. The van der Waals surface area contributed by atoms with Gasteiger partial charge in [-0.25, -0.2) is 0 Å². The molecule has 3 nitrogen and oxygen atoms in total. The van der Waals surface area contributed by atoms with E-state index in [0.29, 0.717) is 17.0 Å². The third-order valence-corrected chi connectivity index (χ3v) is 2.55. The molecular formula is C12H16ClNO2. The zero-order chi connectivity index (χ0) is 12.2. The van der Waals surface area contributed by atoms with Crippen LogP contribution in [0.25, 0.3) is 0 Å². The van der Waals surface area contributed by atoms with Crippen LogP contribution in [0.4, 0.5) is 0 Å². The second-order valence-electron chi connectivity index (χ2n) is 4.32. The molecule has 0 atom stereocenters. The first-order valence-electron chi connectivity index (χ1n) is 5.13. The normalized spacial score (nSPS) is 11.2. The molecule has 16 heavy (non-hydrogen) atoms. The van der Waals surface area contributed by atoms with Crippen molar-refractivity contribution in [1.29, 1.82) is 0 Å². The number of benzene rings is 1. The summed E-state index contributed by atoms with van der Waals surface area (Å²) < 4.78 is 0. The monoisotopic (exact) mass is 241 g/mol. The molecule has 1 rings (SSSR count). The van der Waals surface area contributed by atoms with Crippen molar-refractivity contribution in [3.05, 3.63) is 34.9 Å². The van der Waals surface area contributed by atoms with E-state index < -0.39 is 5.54 Å². The number of rotatable bonds is 4. The van der Waals surface area contributed by atoms with E-state index >= 15 is 0 Å². The number of hydrogen-bond acceptors (Lipinski definition) is 2. The number of carbonyl (C=O) groups is 1. The van der Waals surface area contributed by atoms with Crippen LogP contribution >= 0.6 is 11.6 Å². The Labute approximate surface area is 100 Å². The van der Waals surface area contributed by atoms with Gasteiger partial charge in [-0.15, -0.1) is 0 Å². The van der Waals surface area contributed by atoms with Crippen LogP contribution in [0, 0.1) is 0 Å². The van der Waals surface area contributed by atoms with Crippen LogP contribution < -0.4 is 5.32 Å². The summed E-state index contributed by atoms with van der Waals surface area (Å²) in [7, 11) is 0. The number of aliphatic hydroxyl groups is 1. The maximum atomic E-state index is 11.8. The summed E-state index contributed by atoms with van der Waals surface area (Å²) in [4.78, 5) is 11.8. The van der Waals surface area contributed by atoms with Gasteiger partial charge in [-0.05, 0) is 44.5 Å². The topological polar surface area (TPSA) is 49.3 Å². The van der Waals surface area contributed by atoms with Gasteiger partial charge in [-0.3, -0.25) is 4.79 Å². The van der Waals surface area contributed by atoms with Gasteiger partial charge in [0, 0.05) is 22.7 Å². The number of nitrogens with one attached hydrogen (secondary N) is 1. The Morgan fingerprint density at radius 2 is 1.94 bits per heavy atom. The van der Waals surface area contributed by atoms with Crippen LogP contribution in [0.2, 0.25) is 5.02 Å². The molecule has 0 saturated heterocycles. The van der Waals surface area contributed by atoms with Crippen LogP contribution in [0.5, 0.6) is 0 Å². The Morgan fingerprint density at radius 3 is 2.44 bits per heavy atom. The Hall–Kier alpha value is -1.06. The minimum atomic E-state index is -0.411. The Kier molecular flexibility index (Phi) is 4.33. The van der Waals surface area contributed by atoms with Crippen molar-refractivity contribution < 1.29 is 9.90 Å². The molecule has 0 heterocycles. The highest BCUT2D eigenvalue weighted by atomic mass is 35.5. The molecule has 1 amide bonds. The number of halogens is 1. The van der Waals surface area contributed by atoms with Gasteiger partial charge in [0.15, 0.2) is 0 Å². The summed E-state index contributed by atoms with van der Waals surface area (Å²) >= 11 is 5.73. The van der Waals surface area contributed by atoms with Crippen LogP contribution in [0.1, 0.15) is 30.6 Å². The van der Waals surface area contributed by atoms with Crippen LogP contribution in [-0.4, -0.2) is 23.2 Å². The number of carbonyl (C=O) groups excluding carboxylic acids is 1. The summed E-state index contributed by atoms with van der Waals surface area (Å²) in [5.74, 6) is -0.157.